The average molecular weight is 219 g/mol. The van der Waals surface area contributed by atoms with Gasteiger partial charge in [0.25, 0.3) is 0 Å². The molecule has 1 aromatic carbocycles. The maximum absolute atomic E-state index is 10.7. The van der Waals surface area contributed by atoms with Gasteiger partial charge < -0.3 is 5.73 Å². The summed E-state index contributed by atoms with van der Waals surface area (Å²) in [5.41, 5.74) is 8.40. The minimum absolute atomic E-state index is 0.0913. The summed E-state index contributed by atoms with van der Waals surface area (Å²) in [4.78, 5) is 10.7. The summed E-state index contributed by atoms with van der Waals surface area (Å²) >= 11 is 1.22. The van der Waals surface area contributed by atoms with Crippen molar-refractivity contribution in [2.45, 2.75) is 13.8 Å². The van der Waals surface area contributed by atoms with Gasteiger partial charge in [0.1, 0.15) is 0 Å². The number of benzene rings is 1. The van der Waals surface area contributed by atoms with E-state index >= 15 is 0 Å². The third kappa shape index (κ3) is 4.09. The van der Waals surface area contributed by atoms with Gasteiger partial charge in [-0.1, -0.05) is 29.7 Å². The van der Waals surface area contributed by atoms with E-state index in [2.05, 4.69) is 11.8 Å². The van der Waals surface area contributed by atoms with Crippen LogP contribution in [0.2, 0.25) is 0 Å². The molecule has 3 heteroatoms. The zero-order chi connectivity index (χ0) is 11.3. The summed E-state index contributed by atoms with van der Waals surface area (Å²) < 4.78 is 0. The van der Waals surface area contributed by atoms with Crippen molar-refractivity contribution in [1.82, 2.24) is 0 Å². The van der Waals surface area contributed by atoms with Gasteiger partial charge in [-0.15, -0.1) is 0 Å². The van der Waals surface area contributed by atoms with E-state index in [0.29, 0.717) is 11.4 Å². The van der Waals surface area contributed by atoms with Crippen molar-refractivity contribution >= 4 is 22.6 Å². The van der Waals surface area contributed by atoms with Gasteiger partial charge in [0.2, 0.25) is 0 Å². The first kappa shape index (κ1) is 11.7. The van der Waals surface area contributed by atoms with Crippen LogP contribution in [0.3, 0.4) is 0 Å². The van der Waals surface area contributed by atoms with Crippen molar-refractivity contribution in [1.29, 1.82) is 0 Å². The number of hydrogen-bond acceptors (Lipinski definition) is 3. The number of hydrogen-bond donors (Lipinski definition) is 1. The molecule has 0 heterocycles. The molecular weight excluding hydrogens is 206 g/mol. The molecule has 0 amide bonds. The third-order valence-electron chi connectivity index (χ3n) is 1.83. The Morgan fingerprint density at radius 3 is 2.93 bits per heavy atom. The third-order valence-corrected chi connectivity index (χ3v) is 2.53. The van der Waals surface area contributed by atoms with E-state index in [-0.39, 0.29) is 5.12 Å². The molecular formula is C12H13NOS. The number of carbonyl (C=O) groups excluding carboxylic acids is 1. The van der Waals surface area contributed by atoms with Crippen LogP contribution in [0.25, 0.3) is 0 Å². The monoisotopic (exact) mass is 219 g/mol. The lowest BCUT2D eigenvalue weighted by molar-refractivity contribution is -0.109. The van der Waals surface area contributed by atoms with Gasteiger partial charge in [-0.2, -0.15) is 0 Å². The molecule has 0 aliphatic carbocycles. The molecule has 0 bridgehead atoms. The lowest BCUT2D eigenvalue weighted by Gasteiger charge is -1.98. The van der Waals surface area contributed by atoms with Crippen LogP contribution in [0, 0.1) is 18.8 Å². The first-order valence-corrected chi connectivity index (χ1v) is 5.56. The molecule has 0 radical (unpaired) electrons. The van der Waals surface area contributed by atoms with E-state index in [1.807, 2.05) is 25.1 Å². The van der Waals surface area contributed by atoms with Crippen LogP contribution in [0.1, 0.15) is 18.1 Å². The van der Waals surface area contributed by atoms with Gasteiger partial charge in [-0.25, -0.2) is 0 Å². The highest BCUT2D eigenvalue weighted by molar-refractivity contribution is 8.13. The molecule has 0 saturated carbocycles. The molecule has 0 aliphatic rings. The van der Waals surface area contributed by atoms with Crippen LogP contribution in [0.5, 0.6) is 0 Å². The zero-order valence-electron chi connectivity index (χ0n) is 8.83. The molecule has 0 spiro atoms. The van der Waals surface area contributed by atoms with E-state index in [0.717, 1.165) is 11.1 Å². The molecule has 0 saturated heterocycles. The standard InChI is InChI=1S/C12H13NOS/c1-9-5-6-12(13)8-11(9)4-3-7-15-10(2)14/h5-6,8H,7,13H2,1-2H3. The lowest BCUT2D eigenvalue weighted by Crippen LogP contribution is -1.89. The molecule has 1 rings (SSSR count). The van der Waals surface area contributed by atoms with Gasteiger partial charge in [-0.05, 0) is 24.6 Å². The highest BCUT2D eigenvalue weighted by atomic mass is 32.2. The highest BCUT2D eigenvalue weighted by Gasteiger charge is 1.94. The summed E-state index contributed by atoms with van der Waals surface area (Å²) in [5, 5.41) is 0.0913. The fraction of sp³-hybridized carbons (Fsp3) is 0.250. The van der Waals surface area contributed by atoms with Gasteiger partial charge >= 0.3 is 0 Å². The average Bonchev–Trinajstić information content (AvgIpc) is 2.17. The van der Waals surface area contributed by atoms with Crippen LogP contribution in [-0.4, -0.2) is 10.9 Å². The quantitative estimate of drug-likeness (QED) is 0.581. The molecule has 2 N–H and O–H groups in total. The van der Waals surface area contributed by atoms with Crippen molar-refractivity contribution < 1.29 is 4.79 Å². The Morgan fingerprint density at radius 1 is 1.53 bits per heavy atom. The van der Waals surface area contributed by atoms with Gasteiger partial charge in [0, 0.05) is 18.2 Å². The highest BCUT2D eigenvalue weighted by Crippen LogP contribution is 2.11. The molecule has 0 fully saturated rings. The summed E-state index contributed by atoms with van der Waals surface area (Å²) in [6.45, 7) is 3.53. The van der Waals surface area contributed by atoms with Crippen LogP contribution in [0.4, 0.5) is 5.69 Å². The molecule has 1 aromatic rings. The number of carbonyl (C=O) groups is 1. The van der Waals surface area contributed by atoms with Crippen molar-refractivity contribution in [3.8, 4) is 11.8 Å². The Kier molecular flexibility index (Phi) is 4.26. The van der Waals surface area contributed by atoms with Crippen LogP contribution < -0.4 is 5.73 Å². The fourth-order valence-corrected chi connectivity index (χ4v) is 1.39. The van der Waals surface area contributed by atoms with Gasteiger partial charge in [-0.3, -0.25) is 4.79 Å². The number of nitrogen functional groups attached to an aromatic ring is 1. The van der Waals surface area contributed by atoms with Gasteiger partial charge in [0.15, 0.2) is 5.12 Å². The zero-order valence-corrected chi connectivity index (χ0v) is 9.65. The Hall–Kier alpha value is -1.40. The maximum Gasteiger partial charge on any atom is 0.186 e. The smallest absolute Gasteiger partial charge is 0.186 e. The number of aryl methyl sites for hydroxylation is 1. The molecule has 78 valence electrons. The second-order valence-corrected chi connectivity index (χ2v) is 4.31. The molecule has 15 heavy (non-hydrogen) atoms. The van der Waals surface area contributed by atoms with Crippen molar-refractivity contribution in [3.05, 3.63) is 29.3 Å². The van der Waals surface area contributed by atoms with Crippen LogP contribution in [-0.2, 0) is 4.79 Å². The van der Waals surface area contributed by atoms with Gasteiger partial charge in [0.05, 0.1) is 5.75 Å². The van der Waals surface area contributed by atoms with E-state index in [9.17, 15) is 4.79 Å². The Balaban J connectivity index is 2.71. The predicted octanol–water partition coefficient (Wildman–Crippen LogP) is 2.21. The first-order chi connectivity index (χ1) is 7.09. The lowest BCUT2D eigenvalue weighted by atomic mass is 10.1. The van der Waals surface area contributed by atoms with E-state index in [1.165, 1.54) is 18.7 Å². The largest absolute Gasteiger partial charge is 0.399 e. The predicted molar refractivity (Wildman–Crippen MR) is 65.6 cm³/mol. The van der Waals surface area contributed by atoms with Crippen LogP contribution >= 0.6 is 11.8 Å². The Labute approximate surface area is 94.2 Å². The van der Waals surface area contributed by atoms with E-state index < -0.39 is 0 Å². The van der Waals surface area contributed by atoms with Crippen molar-refractivity contribution in [2.75, 3.05) is 11.5 Å². The Bertz CT molecular complexity index is 429. The summed E-state index contributed by atoms with van der Waals surface area (Å²) in [6.07, 6.45) is 0. The topological polar surface area (TPSA) is 43.1 Å². The number of thioether (sulfide) groups is 1. The minimum Gasteiger partial charge on any atom is -0.399 e. The molecule has 0 atom stereocenters. The number of rotatable bonds is 1. The summed E-state index contributed by atoms with van der Waals surface area (Å²) in [7, 11) is 0. The fourth-order valence-electron chi connectivity index (χ4n) is 1.04. The molecule has 0 unspecified atom stereocenters. The summed E-state index contributed by atoms with van der Waals surface area (Å²) in [5.74, 6) is 6.48. The minimum atomic E-state index is 0.0913. The molecule has 0 aromatic heterocycles. The number of nitrogens with two attached hydrogens (primary N) is 1. The molecule has 0 aliphatic heterocycles. The van der Waals surface area contributed by atoms with Crippen molar-refractivity contribution in [3.63, 3.8) is 0 Å². The Morgan fingerprint density at radius 2 is 2.27 bits per heavy atom. The normalized spacial score (nSPS) is 9.20. The second-order valence-electron chi connectivity index (χ2n) is 3.16. The molecule has 2 nitrogen and oxygen atoms in total. The first-order valence-electron chi connectivity index (χ1n) is 4.58. The van der Waals surface area contributed by atoms with Crippen LogP contribution in [0.15, 0.2) is 18.2 Å². The summed E-state index contributed by atoms with van der Waals surface area (Å²) in [6, 6.07) is 5.64. The van der Waals surface area contributed by atoms with E-state index in [1.54, 1.807) is 0 Å². The maximum atomic E-state index is 10.7. The SMILES string of the molecule is CC(=O)SCC#Cc1cc(N)ccc1C. The second kappa shape index (κ2) is 5.47. The number of anilines is 1. The van der Waals surface area contributed by atoms with E-state index in [4.69, 9.17) is 5.73 Å². The van der Waals surface area contributed by atoms with Crippen molar-refractivity contribution in [2.24, 2.45) is 0 Å².